The van der Waals surface area contributed by atoms with Gasteiger partial charge >= 0.3 is 0 Å². The van der Waals surface area contributed by atoms with Crippen molar-refractivity contribution >= 4 is 0 Å². The average Bonchev–Trinajstić information content (AvgIpc) is 2.28. The summed E-state index contributed by atoms with van der Waals surface area (Å²) >= 11 is 0. The smallest absolute Gasteiger partial charge is 0.141 e. The van der Waals surface area contributed by atoms with E-state index in [4.69, 9.17) is 5.84 Å². The van der Waals surface area contributed by atoms with Crippen LogP contribution >= 0.6 is 0 Å². The van der Waals surface area contributed by atoms with Crippen LogP contribution in [0, 0.1) is 17.5 Å². The molecule has 0 aliphatic heterocycles. The van der Waals surface area contributed by atoms with Crippen molar-refractivity contribution in [3.05, 3.63) is 65.2 Å². The van der Waals surface area contributed by atoms with Gasteiger partial charge in [0.25, 0.3) is 0 Å². The molecule has 0 aliphatic rings. The third kappa shape index (κ3) is 2.66. The predicted molar refractivity (Wildman–Crippen MR) is 59.7 cm³/mol. The average molecular weight is 253 g/mol. The van der Waals surface area contributed by atoms with E-state index in [0.717, 1.165) is 24.4 Å². The molecule has 18 heavy (non-hydrogen) atoms. The van der Waals surface area contributed by atoms with Crippen LogP contribution in [0.15, 0.2) is 36.7 Å². The number of pyridine rings is 1. The lowest BCUT2D eigenvalue weighted by Gasteiger charge is -2.16. The number of nitrogens with zero attached hydrogens (tertiary/aromatic N) is 1. The number of nitrogens with two attached hydrogens (primary N) is 1. The third-order valence-electron chi connectivity index (χ3n) is 2.44. The Bertz CT molecular complexity index is 540. The van der Waals surface area contributed by atoms with Crippen molar-refractivity contribution in [2.45, 2.75) is 6.04 Å². The van der Waals surface area contributed by atoms with E-state index in [2.05, 4.69) is 10.4 Å². The summed E-state index contributed by atoms with van der Waals surface area (Å²) in [4.78, 5) is 3.67. The molecule has 0 spiro atoms. The van der Waals surface area contributed by atoms with Crippen LogP contribution < -0.4 is 11.3 Å². The minimum absolute atomic E-state index is 0.252. The van der Waals surface area contributed by atoms with Gasteiger partial charge in [-0.1, -0.05) is 0 Å². The topological polar surface area (TPSA) is 50.9 Å². The molecule has 0 bridgehead atoms. The molecule has 0 saturated heterocycles. The van der Waals surface area contributed by atoms with Gasteiger partial charge in [-0.2, -0.15) is 0 Å². The van der Waals surface area contributed by atoms with Gasteiger partial charge in [0, 0.05) is 12.3 Å². The van der Waals surface area contributed by atoms with E-state index in [-0.39, 0.29) is 5.56 Å². The fourth-order valence-corrected chi connectivity index (χ4v) is 1.71. The van der Waals surface area contributed by atoms with E-state index in [0.29, 0.717) is 5.56 Å². The van der Waals surface area contributed by atoms with Gasteiger partial charge in [-0.25, -0.2) is 18.6 Å². The molecule has 1 aromatic carbocycles. The van der Waals surface area contributed by atoms with Gasteiger partial charge in [0.15, 0.2) is 0 Å². The van der Waals surface area contributed by atoms with Crippen LogP contribution in [0.2, 0.25) is 0 Å². The highest BCUT2D eigenvalue weighted by Gasteiger charge is 2.15. The lowest BCUT2D eigenvalue weighted by Crippen LogP contribution is -2.29. The van der Waals surface area contributed by atoms with Crippen LogP contribution in [-0.4, -0.2) is 4.98 Å². The molecule has 1 atom stereocenters. The van der Waals surface area contributed by atoms with Crippen molar-refractivity contribution in [2.24, 2.45) is 5.84 Å². The number of aromatic nitrogens is 1. The normalized spacial score (nSPS) is 12.4. The minimum atomic E-state index is -0.738. The number of rotatable bonds is 3. The van der Waals surface area contributed by atoms with Crippen molar-refractivity contribution < 1.29 is 13.2 Å². The van der Waals surface area contributed by atoms with Crippen molar-refractivity contribution in [3.63, 3.8) is 0 Å². The third-order valence-corrected chi connectivity index (χ3v) is 2.44. The molecule has 6 heteroatoms. The van der Waals surface area contributed by atoms with Crippen molar-refractivity contribution in [3.8, 4) is 0 Å². The molecule has 94 valence electrons. The Morgan fingerprint density at radius 2 is 1.50 bits per heavy atom. The van der Waals surface area contributed by atoms with E-state index < -0.39 is 23.5 Å². The molecule has 0 amide bonds. The fraction of sp³-hybridized carbons (Fsp3) is 0.0833. The molecule has 2 aromatic rings. The minimum Gasteiger partial charge on any atom is -0.271 e. The highest BCUT2D eigenvalue weighted by atomic mass is 19.1. The summed E-state index contributed by atoms with van der Waals surface area (Å²) in [5, 5.41) is 0. The van der Waals surface area contributed by atoms with Gasteiger partial charge in [0.05, 0.1) is 12.2 Å². The Balaban J connectivity index is 2.45. The monoisotopic (exact) mass is 253 g/mol. The molecule has 1 heterocycles. The summed E-state index contributed by atoms with van der Waals surface area (Å²) in [7, 11) is 0. The van der Waals surface area contributed by atoms with Crippen LogP contribution in [0.1, 0.15) is 17.2 Å². The van der Waals surface area contributed by atoms with Crippen LogP contribution in [0.25, 0.3) is 0 Å². The standard InChI is InChI=1S/C12H10F3N3/c13-9-1-7(2-10(14)4-9)12(18-16)8-3-11(15)6-17-5-8/h1-6,12,18H,16H2. The van der Waals surface area contributed by atoms with Crippen LogP contribution in [0.4, 0.5) is 13.2 Å². The maximum atomic E-state index is 13.1. The SMILES string of the molecule is NNC(c1cncc(F)c1)c1cc(F)cc(F)c1. The number of hydrogen-bond acceptors (Lipinski definition) is 3. The van der Waals surface area contributed by atoms with E-state index in [9.17, 15) is 13.2 Å². The van der Waals surface area contributed by atoms with Crippen molar-refractivity contribution in [1.29, 1.82) is 0 Å². The maximum absolute atomic E-state index is 13.1. The Labute approximate surface area is 101 Å². The summed E-state index contributed by atoms with van der Waals surface area (Å²) in [6, 6.07) is 3.46. The first-order valence-electron chi connectivity index (χ1n) is 5.12. The highest BCUT2D eigenvalue weighted by molar-refractivity contribution is 5.30. The zero-order valence-electron chi connectivity index (χ0n) is 9.20. The summed E-state index contributed by atoms with van der Waals surface area (Å²) < 4.78 is 39.3. The molecule has 1 unspecified atom stereocenters. The highest BCUT2D eigenvalue weighted by Crippen LogP contribution is 2.22. The zero-order chi connectivity index (χ0) is 13.1. The second-order valence-corrected chi connectivity index (χ2v) is 3.74. The maximum Gasteiger partial charge on any atom is 0.141 e. The number of nitrogens with one attached hydrogen (secondary N) is 1. The predicted octanol–water partition coefficient (Wildman–Crippen LogP) is 2.05. The first-order chi connectivity index (χ1) is 8.60. The number of hydrogen-bond donors (Lipinski definition) is 2. The molecule has 3 N–H and O–H groups in total. The quantitative estimate of drug-likeness (QED) is 0.650. The Hall–Kier alpha value is -1.92. The first-order valence-corrected chi connectivity index (χ1v) is 5.12. The Morgan fingerprint density at radius 3 is 2.06 bits per heavy atom. The summed E-state index contributed by atoms with van der Waals surface area (Å²) in [5.41, 5.74) is 3.01. The van der Waals surface area contributed by atoms with Gasteiger partial charge in [0.2, 0.25) is 0 Å². The van der Waals surface area contributed by atoms with Crippen LogP contribution in [-0.2, 0) is 0 Å². The molecule has 3 nitrogen and oxygen atoms in total. The van der Waals surface area contributed by atoms with E-state index in [1.54, 1.807) is 0 Å². The Kier molecular flexibility index (Phi) is 3.59. The first kappa shape index (κ1) is 12.5. The summed E-state index contributed by atoms with van der Waals surface area (Å²) in [6.45, 7) is 0. The van der Waals surface area contributed by atoms with Gasteiger partial charge in [-0.3, -0.25) is 10.8 Å². The molecule has 2 rings (SSSR count). The number of benzene rings is 1. The Morgan fingerprint density at radius 1 is 0.889 bits per heavy atom. The lowest BCUT2D eigenvalue weighted by molar-refractivity contribution is 0.562. The summed E-state index contributed by atoms with van der Waals surface area (Å²) in [5.74, 6) is 3.34. The van der Waals surface area contributed by atoms with Crippen molar-refractivity contribution in [1.82, 2.24) is 10.4 Å². The molecular weight excluding hydrogens is 243 g/mol. The fourth-order valence-electron chi connectivity index (χ4n) is 1.71. The molecule has 0 radical (unpaired) electrons. The lowest BCUT2D eigenvalue weighted by atomic mass is 10.0. The van der Waals surface area contributed by atoms with Crippen LogP contribution in [0.5, 0.6) is 0 Å². The number of hydrazine groups is 1. The molecular formula is C12H10F3N3. The van der Waals surface area contributed by atoms with Gasteiger partial charge in [0.1, 0.15) is 17.5 Å². The van der Waals surface area contributed by atoms with Crippen molar-refractivity contribution in [2.75, 3.05) is 0 Å². The molecule has 0 saturated carbocycles. The van der Waals surface area contributed by atoms with Gasteiger partial charge in [-0.05, 0) is 29.3 Å². The van der Waals surface area contributed by atoms with E-state index in [1.165, 1.54) is 12.3 Å². The second-order valence-electron chi connectivity index (χ2n) is 3.74. The van der Waals surface area contributed by atoms with E-state index >= 15 is 0 Å². The van der Waals surface area contributed by atoms with Gasteiger partial charge < -0.3 is 0 Å². The molecule has 1 aromatic heterocycles. The largest absolute Gasteiger partial charge is 0.271 e. The summed E-state index contributed by atoms with van der Waals surface area (Å²) in [6.07, 6.45) is 2.40. The van der Waals surface area contributed by atoms with E-state index in [1.807, 2.05) is 0 Å². The second kappa shape index (κ2) is 5.16. The molecule has 0 aliphatic carbocycles. The molecule has 0 fully saturated rings. The van der Waals surface area contributed by atoms with Crippen LogP contribution in [0.3, 0.4) is 0 Å². The van der Waals surface area contributed by atoms with Gasteiger partial charge in [-0.15, -0.1) is 0 Å². The zero-order valence-corrected chi connectivity index (χ0v) is 9.20. The number of halogens is 3.